The standard InChI is InChI=1S/C15H25NO2/c1-4-14(10-11-17)16-12(3)13-6-8-15(9-7-13)18-5-2/h6-9,12,14,16-17H,4-5,10-11H2,1-3H3. The van der Waals surface area contributed by atoms with Crippen LogP contribution in [0.4, 0.5) is 0 Å². The van der Waals surface area contributed by atoms with Crippen LogP contribution in [0.2, 0.25) is 0 Å². The smallest absolute Gasteiger partial charge is 0.119 e. The van der Waals surface area contributed by atoms with E-state index in [0.717, 1.165) is 18.6 Å². The Morgan fingerprint density at radius 1 is 1.22 bits per heavy atom. The number of aliphatic hydroxyl groups excluding tert-OH is 1. The summed E-state index contributed by atoms with van der Waals surface area (Å²) in [5, 5.41) is 12.5. The van der Waals surface area contributed by atoms with Crippen molar-refractivity contribution in [3.63, 3.8) is 0 Å². The first-order chi connectivity index (χ1) is 8.71. The zero-order valence-corrected chi connectivity index (χ0v) is 11.6. The van der Waals surface area contributed by atoms with Gasteiger partial charge in [-0.2, -0.15) is 0 Å². The number of hydrogen-bond donors (Lipinski definition) is 2. The normalized spacial score (nSPS) is 14.2. The molecule has 0 amide bonds. The summed E-state index contributed by atoms with van der Waals surface area (Å²) in [6.07, 6.45) is 1.83. The molecule has 1 rings (SSSR count). The minimum absolute atomic E-state index is 0.238. The van der Waals surface area contributed by atoms with Crippen molar-refractivity contribution in [1.29, 1.82) is 0 Å². The van der Waals surface area contributed by atoms with Gasteiger partial charge < -0.3 is 15.2 Å². The van der Waals surface area contributed by atoms with E-state index in [1.165, 1.54) is 5.56 Å². The average Bonchev–Trinajstić information content (AvgIpc) is 2.39. The minimum atomic E-state index is 0.238. The molecule has 0 spiro atoms. The monoisotopic (exact) mass is 251 g/mol. The van der Waals surface area contributed by atoms with Gasteiger partial charge in [0.25, 0.3) is 0 Å². The Morgan fingerprint density at radius 3 is 2.39 bits per heavy atom. The van der Waals surface area contributed by atoms with Crippen LogP contribution in [0.3, 0.4) is 0 Å². The molecule has 3 nitrogen and oxygen atoms in total. The van der Waals surface area contributed by atoms with Crippen molar-refractivity contribution < 1.29 is 9.84 Å². The largest absolute Gasteiger partial charge is 0.494 e. The summed E-state index contributed by atoms with van der Waals surface area (Å²) in [5.74, 6) is 0.913. The van der Waals surface area contributed by atoms with E-state index in [1.807, 2.05) is 19.1 Å². The van der Waals surface area contributed by atoms with Gasteiger partial charge in [-0.15, -0.1) is 0 Å². The molecule has 2 unspecified atom stereocenters. The molecule has 3 heteroatoms. The number of nitrogens with one attached hydrogen (secondary N) is 1. The molecule has 0 saturated heterocycles. The molecule has 0 fully saturated rings. The summed E-state index contributed by atoms with van der Waals surface area (Å²) in [7, 11) is 0. The lowest BCUT2D eigenvalue weighted by Gasteiger charge is -2.22. The van der Waals surface area contributed by atoms with E-state index in [1.54, 1.807) is 0 Å². The van der Waals surface area contributed by atoms with E-state index >= 15 is 0 Å². The third-order valence-corrected chi connectivity index (χ3v) is 3.15. The van der Waals surface area contributed by atoms with Gasteiger partial charge in [-0.05, 0) is 44.4 Å². The molecule has 0 heterocycles. The van der Waals surface area contributed by atoms with Crippen molar-refractivity contribution in [3.8, 4) is 5.75 Å². The van der Waals surface area contributed by atoms with E-state index in [9.17, 15) is 0 Å². The fourth-order valence-electron chi connectivity index (χ4n) is 2.03. The van der Waals surface area contributed by atoms with Crippen LogP contribution < -0.4 is 10.1 Å². The van der Waals surface area contributed by atoms with Gasteiger partial charge in [0, 0.05) is 18.7 Å². The summed E-state index contributed by atoms with van der Waals surface area (Å²) in [4.78, 5) is 0. The molecule has 2 N–H and O–H groups in total. The van der Waals surface area contributed by atoms with Crippen molar-refractivity contribution >= 4 is 0 Å². The van der Waals surface area contributed by atoms with Crippen molar-refractivity contribution in [3.05, 3.63) is 29.8 Å². The maximum Gasteiger partial charge on any atom is 0.119 e. The van der Waals surface area contributed by atoms with Gasteiger partial charge in [-0.25, -0.2) is 0 Å². The highest BCUT2D eigenvalue weighted by Gasteiger charge is 2.11. The Bertz CT molecular complexity index is 324. The van der Waals surface area contributed by atoms with Crippen molar-refractivity contribution in [2.45, 2.75) is 45.7 Å². The molecule has 102 valence electrons. The Balaban J connectivity index is 2.57. The molecule has 1 aromatic rings. The summed E-state index contributed by atoms with van der Waals surface area (Å²) < 4.78 is 5.43. The lowest BCUT2D eigenvalue weighted by molar-refractivity contribution is 0.257. The Morgan fingerprint density at radius 2 is 1.89 bits per heavy atom. The van der Waals surface area contributed by atoms with Gasteiger partial charge in [0.05, 0.1) is 6.61 Å². The third kappa shape index (κ3) is 4.67. The summed E-state index contributed by atoms with van der Waals surface area (Å²) in [6.45, 7) is 7.20. The predicted octanol–water partition coefficient (Wildman–Crippen LogP) is 2.90. The topological polar surface area (TPSA) is 41.5 Å². The fourth-order valence-corrected chi connectivity index (χ4v) is 2.03. The zero-order valence-electron chi connectivity index (χ0n) is 11.6. The van der Waals surface area contributed by atoms with Crippen LogP contribution in [0.25, 0.3) is 0 Å². The van der Waals surface area contributed by atoms with Gasteiger partial charge in [-0.1, -0.05) is 19.1 Å². The fraction of sp³-hybridized carbons (Fsp3) is 0.600. The highest BCUT2D eigenvalue weighted by atomic mass is 16.5. The van der Waals surface area contributed by atoms with E-state index in [0.29, 0.717) is 12.6 Å². The van der Waals surface area contributed by atoms with Crippen molar-refractivity contribution in [2.75, 3.05) is 13.2 Å². The zero-order chi connectivity index (χ0) is 13.4. The molecule has 0 aliphatic carbocycles. The van der Waals surface area contributed by atoms with Crippen LogP contribution in [0.15, 0.2) is 24.3 Å². The van der Waals surface area contributed by atoms with E-state index in [4.69, 9.17) is 9.84 Å². The second kappa shape index (κ2) is 8.11. The van der Waals surface area contributed by atoms with E-state index < -0.39 is 0 Å². The number of ether oxygens (including phenoxy) is 1. The third-order valence-electron chi connectivity index (χ3n) is 3.15. The highest BCUT2D eigenvalue weighted by Crippen LogP contribution is 2.18. The summed E-state index contributed by atoms with van der Waals surface area (Å²) >= 11 is 0. The van der Waals surface area contributed by atoms with Gasteiger partial charge in [0.1, 0.15) is 5.75 Å². The number of hydrogen-bond acceptors (Lipinski definition) is 3. The van der Waals surface area contributed by atoms with Gasteiger partial charge in [-0.3, -0.25) is 0 Å². The lowest BCUT2D eigenvalue weighted by Crippen LogP contribution is -2.31. The first-order valence-electron chi connectivity index (χ1n) is 6.80. The molecule has 18 heavy (non-hydrogen) atoms. The maximum absolute atomic E-state index is 8.99. The summed E-state index contributed by atoms with van der Waals surface area (Å²) in [6, 6.07) is 8.85. The van der Waals surface area contributed by atoms with Crippen LogP contribution in [-0.4, -0.2) is 24.4 Å². The Kier molecular flexibility index (Phi) is 6.76. The minimum Gasteiger partial charge on any atom is -0.494 e. The molecule has 0 bridgehead atoms. The Labute approximate surface area is 110 Å². The molecule has 2 atom stereocenters. The lowest BCUT2D eigenvalue weighted by atomic mass is 10.1. The first kappa shape index (κ1) is 15.0. The maximum atomic E-state index is 8.99. The molecule has 0 aliphatic heterocycles. The molecule has 0 saturated carbocycles. The Hall–Kier alpha value is -1.06. The highest BCUT2D eigenvalue weighted by molar-refractivity contribution is 5.28. The second-order valence-electron chi connectivity index (χ2n) is 4.51. The first-order valence-corrected chi connectivity index (χ1v) is 6.80. The van der Waals surface area contributed by atoms with Crippen LogP contribution in [0, 0.1) is 0 Å². The number of rotatable bonds is 8. The van der Waals surface area contributed by atoms with Crippen LogP contribution in [0.5, 0.6) is 5.75 Å². The second-order valence-corrected chi connectivity index (χ2v) is 4.51. The van der Waals surface area contributed by atoms with Gasteiger partial charge in [0.15, 0.2) is 0 Å². The molecular weight excluding hydrogens is 226 g/mol. The predicted molar refractivity (Wildman–Crippen MR) is 74.9 cm³/mol. The quantitative estimate of drug-likeness (QED) is 0.746. The molecular formula is C15H25NO2. The van der Waals surface area contributed by atoms with Crippen LogP contribution in [0.1, 0.15) is 45.2 Å². The van der Waals surface area contributed by atoms with Gasteiger partial charge in [0.2, 0.25) is 0 Å². The number of aliphatic hydroxyl groups is 1. The van der Waals surface area contributed by atoms with Crippen LogP contribution in [-0.2, 0) is 0 Å². The SMILES string of the molecule is CCOc1ccc(C(C)NC(CC)CCO)cc1. The average molecular weight is 251 g/mol. The van der Waals surface area contributed by atoms with Crippen molar-refractivity contribution in [2.24, 2.45) is 0 Å². The molecule has 0 aliphatic rings. The molecule has 1 aromatic carbocycles. The van der Waals surface area contributed by atoms with E-state index in [-0.39, 0.29) is 12.6 Å². The van der Waals surface area contributed by atoms with Gasteiger partial charge >= 0.3 is 0 Å². The summed E-state index contributed by atoms with van der Waals surface area (Å²) in [5.41, 5.74) is 1.25. The number of benzene rings is 1. The molecule has 0 radical (unpaired) electrons. The van der Waals surface area contributed by atoms with Crippen LogP contribution >= 0.6 is 0 Å². The van der Waals surface area contributed by atoms with E-state index in [2.05, 4.69) is 31.3 Å². The molecule has 0 aromatic heterocycles. The van der Waals surface area contributed by atoms with Crippen molar-refractivity contribution in [1.82, 2.24) is 5.32 Å².